The van der Waals surface area contributed by atoms with Crippen molar-refractivity contribution in [3.05, 3.63) is 40.4 Å². The molecule has 0 fully saturated rings. The SMILES string of the molecule is COCCn1c(=NC(=O)CS(=O)(=O)CC(=O)Nc2cc(C)on2)sc2cc(C(=O)OC)ccc21. The highest BCUT2D eigenvalue weighted by Gasteiger charge is 2.22. The number of carbonyl (C=O) groups is 3. The Labute approximate surface area is 198 Å². The summed E-state index contributed by atoms with van der Waals surface area (Å²) in [5.74, 6) is -3.66. The summed E-state index contributed by atoms with van der Waals surface area (Å²) in [7, 11) is -1.31. The van der Waals surface area contributed by atoms with Gasteiger partial charge in [-0.2, -0.15) is 4.99 Å². The molecule has 0 bridgehead atoms. The second-order valence-corrected chi connectivity index (χ2v) is 10.2. The van der Waals surface area contributed by atoms with Crippen LogP contribution in [0.1, 0.15) is 16.1 Å². The molecule has 3 aromatic rings. The van der Waals surface area contributed by atoms with Crippen molar-refractivity contribution in [1.29, 1.82) is 0 Å². The molecule has 1 N–H and O–H groups in total. The van der Waals surface area contributed by atoms with E-state index < -0.39 is 39.1 Å². The van der Waals surface area contributed by atoms with Gasteiger partial charge in [-0.1, -0.05) is 16.5 Å². The molecule has 2 amide bonds. The standard InChI is InChI=1S/C20H22N4O8S2/c1-12-8-16(23-32-12)21-17(25)10-34(28,29)11-18(26)22-20-24(6-7-30-2)14-5-4-13(19(27)31-3)9-15(14)33-20/h4-5,8-9H,6-7,10-11H2,1-3H3,(H,21,23,25). The molecular weight excluding hydrogens is 488 g/mol. The number of carbonyl (C=O) groups excluding carboxylic acids is 3. The number of anilines is 1. The Kier molecular flexibility index (Phi) is 7.96. The summed E-state index contributed by atoms with van der Waals surface area (Å²) in [5.41, 5.74) is 1.01. The Morgan fingerprint density at radius 3 is 2.62 bits per heavy atom. The van der Waals surface area contributed by atoms with E-state index in [1.54, 1.807) is 29.7 Å². The molecule has 0 saturated carbocycles. The second-order valence-electron chi connectivity index (χ2n) is 7.11. The van der Waals surface area contributed by atoms with Crippen LogP contribution < -0.4 is 10.1 Å². The number of nitrogens with one attached hydrogen (secondary N) is 1. The highest BCUT2D eigenvalue weighted by atomic mass is 32.2. The number of aromatic nitrogens is 2. The molecule has 34 heavy (non-hydrogen) atoms. The van der Waals surface area contributed by atoms with Gasteiger partial charge in [0.2, 0.25) is 5.91 Å². The Balaban J connectivity index is 1.82. The Morgan fingerprint density at radius 1 is 1.21 bits per heavy atom. The van der Waals surface area contributed by atoms with Gasteiger partial charge in [0, 0.05) is 19.7 Å². The predicted molar refractivity (Wildman–Crippen MR) is 122 cm³/mol. The molecular formula is C20H22N4O8S2. The lowest BCUT2D eigenvalue weighted by Crippen LogP contribution is -2.28. The quantitative estimate of drug-likeness (QED) is 0.413. The van der Waals surface area contributed by atoms with Crippen LogP contribution in [-0.2, 0) is 35.4 Å². The molecule has 0 spiro atoms. The average Bonchev–Trinajstić information content (AvgIpc) is 3.32. The first-order valence-corrected chi connectivity index (χ1v) is 12.5. The zero-order chi connectivity index (χ0) is 24.9. The number of rotatable bonds is 9. The number of sulfone groups is 1. The number of hydrogen-bond acceptors (Lipinski definition) is 10. The van der Waals surface area contributed by atoms with Gasteiger partial charge in [0.15, 0.2) is 20.5 Å². The zero-order valence-electron chi connectivity index (χ0n) is 18.6. The highest BCUT2D eigenvalue weighted by Crippen LogP contribution is 2.20. The van der Waals surface area contributed by atoms with Crippen LogP contribution >= 0.6 is 11.3 Å². The number of amides is 2. The number of esters is 1. The van der Waals surface area contributed by atoms with Crippen LogP contribution in [0.2, 0.25) is 0 Å². The van der Waals surface area contributed by atoms with Crippen LogP contribution in [0.25, 0.3) is 10.2 Å². The molecule has 2 aromatic heterocycles. The fraction of sp³-hybridized carbons (Fsp3) is 0.350. The lowest BCUT2D eigenvalue weighted by Gasteiger charge is -2.05. The summed E-state index contributed by atoms with van der Waals surface area (Å²) in [6, 6.07) is 6.29. The van der Waals surface area contributed by atoms with Gasteiger partial charge >= 0.3 is 5.97 Å². The van der Waals surface area contributed by atoms with E-state index in [0.717, 1.165) is 11.3 Å². The smallest absolute Gasteiger partial charge is 0.337 e. The van der Waals surface area contributed by atoms with Gasteiger partial charge in [-0.25, -0.2) is 13.2 Å². The maximum Gasteiger partial charge on any atom is 0.337 e. The van der Waals surface area contributed by atoms with Crippen molar-refractivity contribution in [1.82, 2.24) is 9.72 Å². The largest absolute Gasteiger partial charge is 0.465 e. The third-order valence-electron chi connectivity index (χ3n) is 4.43. The van der Waals surface area contributed by atoms with Crippen LogP contribution in [0.3, 0.4) is 0 Å². The Hall–Kier alpha value is -3.36. The monoisotopic (exact) mass is 510 g/mol. The average molecular weight is 511 g/mol. The van der Waals surface area contributed by atoms with Crippen molar-refractivity contribution in [2.75, 3.05) is 37.6 Å². The van der Waals surface area contributed by atoms with Gasteiger partial charge in [0.05, 0.1) is 29.5 Å². The first-order chi connectivity index (χ1) is 16.1. The van der Waals surface area contributed by atoms with Crippen molar-refractivity contribution >= 4 is 55.0 Å². The second kappa shape index (κ2) is 10.7. The Bertz CT molecular complexity index is 1400. The first-order valence-electron chi connectivity index (χ1n) is 9.83. The number of ether oxygens (including phenoxy) is 2. The number of hydrogen-bond donors (Lipinski definition) is 1. The molecule has 0 unspecified atom stereocenters. The van der Waals surface area contributed by atoms with Crippen molar-refractivity contribution in [3.8, 4) is 0 Å². The molecule has 2 heterocycles. The number of aryl methyl sites for hydroxylation is 1. The van der Waals surface area contributed by atoms with Crippen LogP contribution in [0, 0.1) is 6.92 Å². The minimum atomic E-state index is -4.10. The van der Waals surface area contributed by atoms with Crippen LogP contribution in [-0.4, -0.2) is 68.3 Å². The van der Waals surface area contributed by atoms with E-state index in [2.05, 4.69) is 15.5 Å². The minimum Gasteiger partial charge on any atom is -0.465 e. The van der Waals surface area contributed by atoms with Gasteiger partial charge in [0.1, 0.15) is 17.3 Å². The molecule has 1 aromatic carbocycles. The predicted octanol–water partition coefficient (Wildman–Crippen LogP) is 0.913. The normalized spacial score (nSPS) is 12.1. The van der Waals surface area contributed by atoms with Gasteiger partial charge in [-0.05, 0) is 25.1 Å². The lowest BCUT2D eigenvalue weighted by atomic mass is 10.2. The fourth-order valence-corrected chi connectivity index (χ4v) is 5.11. The maximum absolute atomic E-state index is 12.5. The van der Waals surface area contributed by atoms with Crippen molar-refractivity contribution in [3.63, 3.8) is 0 Å². The minimum absolute atomic E-state index is 0.0736. The van der Waals surface area contributed by atoms with Crippen molar-refractivity contribution in [2.24, 2.45) is 4.99 Å². The highest BCUT2D eigenvalue weighted by molar-refractivity contribution is 7.92. The molecule has 14 heteroatoms. The summed E-state index contributed by atoms with van der Waals surface area (Å²) >= 11 is 1.11. The van der Waals surface area contributed by atoms with Crippen LogP contribution in [0.5, 0.6) is 0 Å². The number of nitrogens with zero attached hydrogens (tertiary/aromatic N) is 3. The summed E-state index contributed by atoms with van der Waals surface area (Å²) in [5, 5.41) is 5.84. The lowest BCUT2D eigenvalue weighted by molar-refractivity contribution is -0.115. The maximum atomic E-state index is 12.5. The first kappa shape index (κ1) is 25.3. The molecule has 0 aliphatic rings. The molecule has 12 nitrogen and oxygen atoms in total. The molecule has 0 aliphatic carbocycles. The summed E-state index contributed by atoms with van der Waals surface area (Å²) in [6.07, 6.45) is 0. The summed E-state index contributed by atoms with van der Waals surface area (Å²) in [4.78, 5) is 40.5. The van der Waals surface area contributed by atoms with Gasteiger partial charge < -0.3 is 23.9 Å². The number of thiazole rings is 1. The molecule has 0 saturated heterocycles. The van der Waals surface area contributed by atoms with E-state index in [4.69, 9.17) is 14.0 Å². The van der Waals surface area contributed by atoms with E-state index >= 15 is 0 Å². The van der Waals surface area contributed by atoms with Gasteiger partial charge in [0.25, 0.3) is 5.91 Å². The third kappa shape index (κ3) is 6.36. The Morgan fingerprint density at radius 2 is 1.97 bits per heavy atom. The van der Waals surface area contributed by atoms with Crippen molar-refractivity contribution < 1.29 is 36.8 Å². The molecule has 0 atom stereocenters. The number of fused-ring (bicyclic) bond motifs is 1. The molecule has 0 aliphatic heterocycles. The molecule has 0 radical (unpaired) electrons. The fourth-order valence-electron chi connectivity index (χ4n) is 2.98. The molecule has 3 rings (SSSR count). The third-order valence-corrected chi connectivity index (χ3v) is 6.86. The number of benzene rings is 1. The van der Waals surface area contributed by atoms with Gasteiger partial charge in [-0.15, -0.1) is 0 Å². The summed E-state index contributed by atoms with van der Waals surface area (Å²) < 4.78 is 41.7. The van der Waals surface area contributed by atoms with E-state index in [1.165, 1.54) is 20.3 Å². The van der Waals surface area contributed by atoms with E-state index in [-0.39, 0.29) is 10.6 Å². The van der Waals surface area contributed by atoms with E-state index in [9.17, 15) is 22.8 Å². The zero-order valence-corrected chi connectivity index (χ0v) is 20.2. The molecule has 182 valence electrons. The van der Waals surface area contributed by atoms with Gasteiger partial charge in [-0.3, -0.25) is 9.59 Å². The number of methoxy groups -OCH3 is 2. The topological polar surface area (TPSA) is 159 Å². The van der Waals surface area contributed by atoms with Crippen LogP contribution in [0.15, 0.2) is 33.8 Å². The van der Waals surface area contributed by atoms with E-state index in [0.29, 0.717) is 34.7 Å². The van der Waals surface area contributed by atoms with Crippen molar-refractivity contribution in [2.45, 2.75) is 13.5 Å². The summed E-state index contributed by atoms with van der Waals surface area (Å²) in [6.45, 7) is 2.27. The van der Waals surface area contributed by atoms with Crippen LogP contribution in [0.4, 0.5) is 5.82 Å². The van der Waals surface area contributed by atoms with E-state index in [1.807, 2.05) is 0 Å².